The van der Waals surface area contributed by atoms with Crippen molar-refractivity contribution < 1.29 is 29.6 Å². The molecule has 5 nitrogen and oxygen atoms in total. The van der Waals surface area contributed by atoms with Gasteiger partial charge in [0.1, 0.15) is 18.5 Å². The summed E-state index contributed by atoms with van der Waals surface area (Å²) >= 11 is 0. The highest BCUT2D eigenvalue weighted by Crippen LogP contribution is 2.34. The van der Waals surface area contributed by atoms with Gasteiger partial charge in [-0.25, -0.2) is 4.39 Å². The molecule has 4 N–H and O–H groups in total. The molecule has 4 atom stereocenters. The zero-order chi connectivity index (χ0) is 11.6. The third-order valence-corrected chi connectivity index (χ3v) is 2.41. The lowest BCUT2D eigenvalue weighted by atomic mass is 9.92. The lowest BCUT2D eigenvalue weighted by Gasteiger charge is -2.26. The molecule has 0 radical (unpaired) electrons. The maximum Gasteiger partial charge on any atom is 0.184 e. The number of allylic oxidation sites excluding steroid dienone is 1. The van der Waals surface area contributed by atoms with E-state index in [4.69, 9.17) is 9.84 Å². The molecule has 0 aromatic heterocycles. The van der Waals surface area contributed by atoms with E-state index in [2.05, 4.69) is 0 Å². The van der Waals surface area contributed by atoms with Crippen LogP contribution in [0.25, 0.3) is 0 Å². The smallest absolute Gasteiger partial charge is 0.184 e. The highest BCUT2D eigenvalue weighted by Gasteiger charge is 2.56. The lowest BCUT2D eigenvalue weighted by Crippen LogP contribution is -2.50. The topological polar surface area (TPSA) is 90.2 Å². The molecular weight excluding hydrogens is 207 g/mol. The molecule has 0 bridgehead atoms. The van der Waals surface area contributed by atoms with Crippen LogP contribution in [0.2, 0.25) is 0 Å². The Balaban J connectivity index is 2.94. The van der Waals surface area contributed by atoms with Crippen LogP contribution in [-0.4, -0.2) is 51.2 Å². The monoisotopic (exact) mass is 222 g/mol. The summed E-state index contributed by atoms with van der Waals surface area (Å²) in [7, 11) is 0. The van der Waals surface area contributed by atoms with Crippen LogP contribution in [0.5, 0.6) is 0 Å². The molecule has 1 heterocycles. The van der Waals surface area contributed by atoms with E-state index in [1.165, 1.54) is 6.08 Å². The molecule has 1 aliphatic rings. The van der Waals surface area contributed by atoms with Crippen molar-refractivity contribution in [1.29, 1.82) is 0 Å². The number of rotatable bonds is 3. The van der Waals surface area contributed by atoms with Crippen molar-refractivity contribution in [2.75, 3.05) is 6.67 Å². The van der Waals surface area contributed by atoms with Crippen molar-refractivity contribution in [3.63, 3.8) is 0 Å². The van der Waals surface area contributed by atoms with Crippen LogP contribution in [0.15, 0.2) is 11.8 Å². The molecular formula is C9H15FO5. The minimum absolute atomic E-state index is 0.395. The summed E-state index contributed by atoms with van der Waals surface area (Å²) in [6, 6.07) is 0. The van der Waals surface area contributed by atoms with Crippen LogP contribution >= 0.6 is 0 Å². The molecule has 0 aromatic rings. The van der Waals surface area contributed by atoms with Gasteiger partial charge in [0.05, 0.1) is 0 Å². The minimum atomic E-state index is -2.30. The average molecular weight is 222 g/mol. The third kappa shape index (κ3) is 1.98. The Kier molecular flexibility index (Phi) is 3.67. The highest BCUT2D eigenvalue weighted by molar-refractivity contribution is 5.14. The fraction of sp³-hybridized carbons (Fsp3) is 0.778. The first-order valence-electron chi connectivity index (χ1n) is 4.66. The SMILES string of the molecule is CCC=C(O)[C@H]1O[C@H](O)[C@H](O)[C@@]1(O)CF. The van der Waals surface area contributed by atoms with Crippen LogP contribution in [0, 0.1) is 0 Å². The Hall–Kier alpha value is -0.690. The molecule has 6 heteroatoms. The van der Waals surface area contributed by atoms with Gasteiger partial charge in [-0.05, 0) is 12.5 Å². The minimum Gasteiger partial charge on any atom is -0.510 e. The van der Waals surface area contributed by atoms with Gasteiger partial charge >= 0.3 is 0 Å². The second kappa shape index (κ2) is 4.44. The zero-order valence-corrected chi connectivity index (χ0v) is 8.30. The second-order valence-electron chi connectivity index (χ2n) is 3.51. The summed E-state index contributed by atoms with van der Waals surface area (Å²) in [6.45, 7) is 0.407. The van der Waals surface area contributed by atoms with Crippen molar-refractivity contribution in [2.24, 2.45) is 0 Å². The van der Waals surface area contributed by atoms with Crippen molar-refractivity contribution >= 4 is 0 Å². The molecule has 0 amide bonds. The molecule has 0 aromatic carbocycles. The summed E-state index contributed by atoms with van der Waals surface area (Å²) in [4.78, 5) is 0. The van der Waals surface area contributed by atoms with Crippen molar-refractivity contribution in [2.45, 2.75) is 37.4 Å². The van der Waals surface area contributed by atoms with Crippen LogP contribution in [0.1, 0.15) is 13.3 Å². The van der Waals surface area contributed by atoms with Gasteiger partial charge in [-0.1, -0.05) is 6.92 Å². The summed E-state index contributed by atoms with van der Waals surface area (Å²) in [5.74, 6) is -0.395. The highest BCUT2D eigenvalue weighted by atomic mass is 19.1. The molecule has 15 heavy (non-hydrogen) atoms. The fourth-order valence-electron chi connectivity index (χ4n) is 1.52. The molecule has 0 aliphatic carbocycles. The van der Waals surface area contributed by atoms with E-state index in [-0.39, 0.29) is 0 Å². The normalized spacial score (nSPS) is 42.2. The molecule has 0 spiro atoms. The maximum atomic E-state index is 12.6. The molecule has 1 fully saturated rings. The van der Waals surface area contributed by atoms with Gasteiger partial charge in [0, 0.05) is 0 Å². The first-order valence-corrected chi connectivity index (χ1v) is 4.66. The van der Waals surface area contributed by atoms with Gasteiger partial charge in [-0.2, -0.15) is 0 Å². The molecule has 0 saturated carbocycles. The van der Waals surface area contributed by atoms with Gasteiger partial charge in [0.25, 0.3) is 0 Å². The molecule has 0 unspecified atom stereocenters. The summed E-state index contributed by atoms with van der Waals surface area (Å²) < 4.78 is 17.3. The largest absolute Gasteiger partial charge is 0.510 e. The van der Waals surface area contributed by atoms with Crippen LogP contribution in [-0.2, 0) is 4.74 Å². The van der Waals surface area contributed by atoms with E-state index in [1.807, 2.05) is 0 Å². The fourth-order valence-corrected chi connectivity index (χ4v) is 1.52. The maximum absolute atomic E-state index is 12.6. The predicted octanol–water partition coefficient (Wildman–Crippen LogP) is -0.383. The standard InChI is InChI=1S/C9H15FO5/c1-2-3-5(11)7-9(14,4-10)6(12)8(13)15-7/h3,6-8,11-14H,2,4H2,1H3/t6-,7+,8-,9-/m0/s1. The Morgan fingerprint density at radius 3 is 2.60 bits per heavy atom. The lowest BCUT2D eigenvalue weighted by molar-refractivity contribution is -0.127. The number of halogens is 1. The number of aliphatic hydroxyl groups is 4. The summed E-state index contributed by atoms with van der Waals surface area (Å²) in [5.41, 5.74) is -2.30. The number of hydrogen-bond acceptors (Lipinski definition) is 5. The van der Waals surface area contributed by atoms with Crippen molar-refractivity contribution in [3.05, 3.63) is 11.8 Å². The number of aliphatic hydroxyl groups excluding tert-OH is 3. The molecule has 88 valence electrons. The van der Waals surface area contributed by atoms with Gasteiger partial charge in [0.2, 0.25) is 0 Å². The Morgan fingerprint density at radius 2 is 2.13 bits per heavy atom. The number of ether oxygens (including phenoxy) is 1. The van der Waals surface area contributed by atoms with Gasteiger partial charge in [-0.3, -0.25) is 0 Å². The van der Waals surface area contributed by atoms with E-state index in [0.717, 1.165) is 0 Å². The summed E-state index contributed by atoms with van der Waals surface area (Å²) in [5, 5.41) is 37.5. The van der Waals surface area contributed by atoms with E-state index in [9.17, 15) is 19.7 Å². The van der Waals surface area contributed by atoms with Crippen LogP contribution in [0.3, 0.4) is 0 Å². The second-order valence-corrected chi connectivity index (χ2v) is 3.51. The van der Waals surface area contributed by atoms with E-state index >= 15 is 0 Å². The predicted molar refractivity (Wildman–Crippen MR) is 48.8 cm³/mol. The number of hydrogen-bond donors (Lipinski definition) is 4. The van der Waals surface area contributed by atoms with Crippen LogP contribution in [0.4, 0.5) is 4.39 Å². The molecule has 1 aliphatic heterocycles. The Labute approximate surface area is 86.4 Å². The van der Waals surface area contributed by atoms with Gasteiger partial charge in [0.15, 0.2) is 18.0 Å². The number of alkyl halides is 1. The molecule has 1 rings (SSSR count). The van der Waals surface area contributed by atoms with Gasteiger partial charge in [-0.15, -0.1) is 0 Å². The quantitative estimate of drug-likeness (QED) is 0.489. The zero-order valence-electron chi connectivity index (χ0n) is 8.30. The van der Waals surface area contributed by atoms with Crippen LogP contribution < -0.4 is 0 Å². The first kappa shape index (κ1) is 12.4. The van der Waals surface area contributed by atoms with E-state index in [0.29, 0.717) is 6.42 Å². The van der Waals surface area contributed by atoms with Crippen molar-refractivity contribution in [3.8, 4) is 0 Å². The van der Waals surface area contributed by atoms with E-state index in [1.54, 1.807) is 6.92 Å². The molecule has 1 saturated heterocycles. The summed E-state index contributed by atoms with van der Waals surface area (Å²) in [6.07, 6.45) is -3.15. The third-order valence-electron chi connectivity index (χ3n) is 2.41. The first-order chi connectivity index (χ1) is 6.97. The van der Waals surface area contributed by atoms with Crippen molar-refractivity contribution in [1.82, 2.24) is 0 Å². The average Bonchev–Trinajstić information content (AvgIpc) is 2.44. The van der Waals surface area contributed by atoms with E-state index < -0.39 is 36.5 Å². The Bertz CT molecular complexity index is 257. The van der Waals surface area contributed by atoms with Gasteiger partial charge < -0.3 is 25.2 Å². The Morgan fingerprint density at radius 1 is 1.53 bits per heavy atom.